The highest BCUT2D eigenvalue weighted by molar-refractivity contribution is 5.76. The SMILES string of the molecule is CNC(=O)CC(CN)c1ccc(C(C)(C)C)cc1. The number of rotatable bonds is 4. The summed E-state index contributed by atoms with van der Waals surface area (Å²) in [7, 11) is 1.65. The van der Waals surface area contributed by atoms with Crippen molar-refractivity contribution >= 4 is 5.91 Å². The fraction of sp³-hybridized carbons (Fsp3) is 0.533. The van der Waals surface area contributed by atoms with Crippen LogP contribution in [0.1, 0.15) is 44.2 Å². The highest BCUT2D eigenvalue weighted by atomic mass is 16.1. The standard InChI is InChI=1S/C15H24N2O/c1-15(2,3)13-7-5-11(6-8-13)12(10-16)9-14(18)17-4/h5-8,12H,9-10,16H2,1-4H3,(H,17,18). The van der Waals surface area contributed by atoms with Gasteiger partial charge in [0, 0.05) is 19.4 Å². The average molecular weight is 248 g/mol. The Morgan fingerprint density at radius 3 is 2.22 bits per heavy atom. The van der Waals surface area contributed by atoms with Gasteiger partial charge in [0.1, 0.15) is 0 Å². The van der Waals surface area contributed by atoms with Crippen LogP contribution < -0.4 is 11.1 Å². The summed E-state index contributed by atoms with van der Waals surface area (Å²) >= 11 is 0. The zero-order chi connectivity index (χ0) is 13.8. The van der Waals surface area contributed by atoms with E-state index in [-0.39, 0.29) is 17.2 Å². The lowest BCUT2D eigenvalue weighted by Gasteiger charge is -2.21. The monoisotopic (exact) mass is 248 g/mol. The van der Waals surface area contributed by atoms with Gasteiger partial charge < -0.3 is 11.1 Å². The van der Waals surface area contributed by atoms with Crippen molar-refractivity contribution in [1.82, 2.24) is 5.32 Å². The smallest absolute Gasteiger partial charge is 0.220 e. The minimum Gasteiger partial charge on any atom is -0.359 e. The van der Waals surface area contributed by atoms with Gasteiger partial charge in [-0.3, -0.25) is 4.79 Å². The molecule has 0 saturated heterocycles. The van der Waals surface area contributed by atoms with Crippen LogP contribution in [0.2, 0.25) is 0 Å². The number of benzene rings is 1. The molecule has 1 aromatic rings. The Hall–Kier alpha value is -1.35. The predicted octanol–water partition coefficient (Wildman–Crippen LogP) is 2.16. The van der Waals surface area contributed by atoms with Gasteiger partial charge >= 0.3 is 0 Å². The van der Waals surface area contributed by atoms with Gasteiger partial charge in [-0.2, -0.15) is 0 Å². The molecule has 18 heavy (non-hydrogen) atoms. The summed E-state index contributed by atoms with van der Waals surface area (Å²) < 4.78 is 0. The van der Waals surface area contributed by atoms with Gasteiger partial charge in [-0.25, -0.2) is 0 Å². The third kappa shape index (κ3) is 3.84. The van der Waals surface area contributed by atoms with Crippen molar-refractivity contribution in [3.8, 4) is 0 Å². The highest BCUT2D eigenvalue weighted by Gasteiger charge is 2.16. The average Bonchev–Trinajstić information content (AvgIpc) is 2.34. The lowest BCUT2D eigenvalue weighted by molar-refractivity contribution is -0.120. The first-order valence-corrected chi connectivity index (χ1v) is 6.39. The van der Waals surface area contributed by atoms with Gasteiger partial charge in [0.15, 0.2) is 0 Å². The van der Waals surface area contributed by atoms with E-state index >= 15 is 0 Å². The van der Waals surface area contributed by atoms with E-state index in [0.717, 1.165) is 5.56 Å². The van der Waals surface area contributed by atoms with E-state index in [4.69, 9.17) is 5.73 Å². The first-order chi connectivity index (χ1) is 8.38. The summed E-state index contributed by atoms with van der Waals surface area (Å²) in [6.07, 6.45) is 0.446. The van der Waals surface area contributed by atoms with Gasteiger partial charge in [0.25, 0.3) is 0 Å². The Morgan fingerprint density at radius 1 is 1.28 bits per heavy atom. The number of amides is 1. The van der Waals surface area contributed by atoms with Crippen LogP contribution in [0.5, 0.6) is 0 Å². The number of nitrogens with one attached hydrogen (secondary N) is 1. The molecule has 1 amide bonds. The molecule has 1 atom stereocenters. The molecule has 0 heterocycles. The summed E-state index contributed by atoms with van der Waals surface area (Å²) in [6, 6.07) is 8.42. The Balaban J connectivity index is 2.85. The molecule has 3 N–H and O–H groups in total. The van der Waals surface area contributed by atoms with Crippen LogP contribution in [-0.4, -0.2) is 19.5 Å². The topological polar surface area (TPSA) is 55.1 Å². The lowest BCUT2D eigenvalue weighted by atomic mass is 9.85. The zero-order valence-corrected chi connectivity index (χ0v) is 11.8. The maximum Gasteiger partial charge on any atom is 0.220 e. The second-order valence-corrected chi connectivity index (χ2v) is 5.68. The van der Waals surface area contributed by atoms with E-state index in [0.29, 0.717) is 13.0 Å². The molecule has 1 unspecified atom stereocenters. The van der Waals surface area contributed by atoms with E-state index in [9.17, 15) is 4.79 Å². The molecule has 100 valence electrons. The van der Waals surface area contributed by atoms with E-state index < -0.39 is 0 Å². The van der Waals surface area contributed by atoms with E-state index in [1.54, 1.807) is 7.05 Å². The molecule has 1 aromatic carbocycles. The van der Waals surface area contributed by atoms with E-state index in [1.165, 1.54) is 5.56 Å². The molecule has 0 radical (unpaired) electrons. The normalized spacial score (nSPS) is 13.2. The maximum absolute atomic E-state index is 11.4. The molecule has 0 saturated carbocycles. The Kier molecular flexibility index (Phi) is 4.91. The second-order valence-electron chi connectivity index (χ2n) is 5.68. The van der Waals surface area contributed by atoms with Crippen molar-refractivity contribution in [3.63, 3.8) is 0 Å². The molecule has 0 bridgehead atoms. The van der Waals surface area contributed by atoms with Gasteiger partial charge in [-0.05, 0) is 23.1 Å². The maximum atomic E-state index is 11.4. The molecule has 3 nitrogen and oxygen atoms in total. The Morgan fingerprint density at radius 2 is 1.83 bits per heavy atom. The summed E-state index contributed by atoms with van der Waals surface area (Å²) in [5.74, 6) is 0.129. The minimum atomic E-state index is 0.0327. The summed E-state index contributed by atoms with van der Waals surface area (Å²) in [5.41, 5.74) is 8.33. The van der Waals surface area contributed by atoms with Crippen LogP contribution in [0.3, 0.4) is 0 Å². The third-order valence-corrected chi connectivity index (χ3v) is 3.24. The molecule has 0 fully saturated rings. The molecule has 0 aromatic heterocycles. The van der Waals surface area contributed by atoms with Crippen molar-refractivity contribution in [3.05, 3.63) is 35.4 Å². The fourth-order valence-electron chi connectivity index (χ4n) is 1.92. The van der Waals surface area contributed by atoms with Crippen LogP contribution in [0.15, 0.2) is 24.3 Å². The molecule has 0 aliphatic carbocycles. The van der Waals surface area contributed by atoms with E-state index in [2.05, 4.69) is 50.4 Å². The van der Waals surface area contributed by atoms with Crippen LogP contribution in [0, 0.1) is 0 Å². The molecule has 3 heteroatoms. The number of carbonyl (C=O) groups excluding carboxylic acids is 1. The van der Waals surface area contributed by atoms with Crippen molar-refractivity contribution < 1.29 is 4.79 Å². The highest BCUT2D eigenvalue weighted by Crippen LogP contribution is 2.25. The van der Waals surface area contributed by atoms with Gasteiger partial charge in [-0.15, -0.1) is 0 Å². The predicted molar refractivity (Wildman–Crippen MR) is 75.6 cm³/mol. The van der Waals surface area contributed by atoms with Crippen molar-refractivity contribution in [2.75, 3.05) is 13.6 Å². The quantitative estimate of drug-likeness (QED) is 0.858. The van der Waals surface area contributed by atoms with Crippen LogP contribution >= 0.6 is 0 Å². The number of nitrogens with two attached hydrogens (primary N) is 1. The van der Waals surface area contributed by atoms with E-state index in [1.807, 2.05) is 0 Å². The summed E-state index contributed by atoms with van der Waals surface area (Å²) in [4.78, 5) is 11.4. The van der Waals surface area contributed by atoms with Gasteiger partial charge in [0.05, 0.1) is 0 Å². The second kappa shape index (κ2) is 6.01. The number of hydrogen-bond donors (Lipinski definition) is 2. The van der Waals surface area contributed by atoms with Gasteiger partial charge in [-0.1, -0.05) is 45.0 Å². The molecular weight excluding hydrogens is 224 g/mol. The Labute approximate surface area is 110 Å². The molecule has 0 aliphatic rings. The van der Waals surface area contributed by atoms with Crippen LogP contribution in [0.25, 0.3) is 0 Å². The zero-order valence-electron chi connectivity index (χ0n) is 11.8. The van der Waals surface area contributed by atoms with Gasteiger partial charge in [0.2, 0.25) is 5.91 Å². The molecular formula is C15H24N2O. The van der Waals surface area contributed by atoms with Crippen molar-refractivity contribution in [2.24, 2.45) is 5.73 Å². The largest absolute Gasteiger partial charge is 0.359 e. The minimum absolute atomic E-state index is 0.0327. The molecule has 0 spiro atoms. The Bertz CT molecular complexity index is 390. The summed E-state index contributed by atoms with van der Waals surface area (Å²) in [5, 5.41) is 2.64. The number of hydrogen-bond acceptors (Lipinski definition) is 2. The van der Waals surface area contributed by atoms with Crippen LogP contribution in [0.4, 0.5) is 0 Å². The first-order valence-electron chi connectivity index (χ1n) is 6.39. The molecule has 0 aliphatic heterocycles. The third-order valence-electron chi connectivity index (χ3n) is 3.24. The lowest BCUT2D eigenvalue weighted by Crippen LogP contribution is -2.24. The molecule has 1 rings (SSSR count). The van der Waals surface area contributed by atoms with Crippen LogP contribution in [-0.2, 0) is 10.2 Å². The first kappa shape index (κ1) is 14.7. The fourth-order valence-corrected chi connectivity index (χ4v) is 1.92. The van der Waals surface area contributed by atoms with Crippen molar-refractivity contribution in [1.29, 1.82) is 0 Å². The summed E-state index contributed by atoms with van der Waals surface area (Å²) in [6.45, 7) is 7.05. The van der Waals surface area contributed by atoms with Crippen molar-refractivity contribution in [2.45, 2.75) is 38.5 Å². The number of carbonyl (C=O) groups is 1.